The first-order valence-electron chi connectivity index (χ1n) is 5.62. The summed E-state index contributed by atoms with van der Waals surface area (Å²) in [5.74, 6) is 5.83. The fourth-order valence-electron chi connectivity index (χ4n) is 2.14. The summed E-state index contributed by atoms with van der Waals surface area (Å²) in [5, 5.41) is 0.185. The number of benzene rings is 1. The van der Waals surface area contributed by atoms with Gasteiger partial charge in [-0.1, -0.05) is 43.0 Å². The van der Waals surface area contributed by atoms with E-state index < -0.39 is 0 Å². The summed E-state index contributed by atoms with van der Waals surface area (Å²) in [5.41, 5.74) is 3.49. The van der Waals surface area contributed by atoms with Crippen LogP contribution in [0.1, 0.15) is 37.3 Å². The molecule has 0 radical (unpaired) electrons. The van der Waals surface area contributed by atoms with Crippen molar-refractivity contribution >= 4 is 11.6 Å². The molecule has 1 fully saturated rings. The quantitative estimate of drug-likeness (QED) is 0.629. The summed E-state index contributed by atoms with van der Waals surface area (Å²) in [6.45, 7) is 0. The maximum absolute atomic E-state index is 13.3. The predicted octanol–water partition coefficient (Wildman–Crippen LogP) is 3.17. The van der Waals surface area contributed by atoms with Gasteiger partial charge in [-0.15, -0.1) is 0 Å². The third-order valence-corrected chi connectivity index (χ3v) is 3.75. The van der Waals surface area contributed by atoms with Crippen molar-refractivity contribution in [2.24, 2.45) is 11.8 Å². The van der Waals surface area contributed by atoms with Crippen LogP contribution >= 0.6 is 11.6 Å². The van der Waals surface area contributed by atoms with Crippen molar-refractivity contribution < 1.29 is 4.39 Å². The SMILES string of the molecule is NNC(CC1CCC1)c1cccc(F)c1Cl. The Morgan fingerprint density at radius 2 is 2.25 bits per heavy atom. The van der Waals surface area contributed by atoms with Crippen LogP contribution in [0.25, 0.3) is 0 Å². The van der Waals surface area contributed by atoms with Gasteiger partial charge < -0.3 is 0 Å². The summed E-state index contributed by atoms with van der Waals surface area (Å²) in [4.78, 5) is 0. The zero-order valence-corrected chi connectivity index (χ0v) is 9.80. The van der Waals surface area contributed by atoms with Crippen LogP contribution in [0.4, 0.5) is 4.39 Å². The van der Waals surface area contributed by atoms with Crippen LogP contribution < -0.4 is 11.3 Å². The average Bonchev–Trinajstić information content (AvgIpc) is 2.22. The Bertz CT molecular complexity index is 366. The maximum Gasteiger partial charge on any atom is 0.142 e. The molecule has 88 valence electrons. The summed E-state index contributed by atoms with van der Waals surface area (Å²) in [6.07, 6.45) is 4.70. The van der Waals surface area contributed by atoms with E-state index in [0.717, 1.165) is 12.0 Å². The van der Waals surface area contributed by atoms with Crippen molar-refractivity contribution in [3.05, 3.63) is 34.6 Å². The highest BCUT2D eigenvalue weighted by atomic mass is 35.5. The fourth-order valence-corrected chi connectivity index (χ4v) is 2.39. The van der Waals surface area contributed by atoms with E-state index in [1.165, 1.54) is 25.3 Å². The molecule has 2 rings (SSSR count). The van der Waals surface area contributed by atoms with Crippen LogP contribution in [-0.4, -0.2) is 0 Å². The first-order valence-corrected chi connectivity index (χ1v) is 6.00. The molecule has 0 bridgehead atoms. The normalized spacial score (nSPS) is 18.2. The maximum atomic E-state index is 13.3. The second-order valence-corrected chi connectivity index (χ2v) is 4.77. The minimum atomic E-state index is -0.381. The highest BCUT2D eigenvalue weighted by molar-refractivity contribution is 6.31. The monoisotopic (exact) mass is 242 g/mol. The van der Waals surface area contributed by atoms with Crippen molar-refractivity contribution in [1.29, 1.82) is 0 Å². The van der Waals surface area contributed by atoms with Gasteiger partial charge in [-0.05, 0) is 24.0 Å². The summed E-state index contributed by atoms with van der Waals surface area (Å²) >= 11 is 5.94. The van der Waals surface area contributed by atoms with Crippen LogP contribution in [0.3, 0.4) is 0 Å². The first-order chi connectivity index (χ1) is 7.72. The van der Waals surface area contributed by atoms with E-state index in [9.17, 15) is 4.39 Å². The van der Waals surface area contributed by atoms with Crippen LogP contribution in [0.5, 0.6) is 0 Å². The van der Waals surface area contributed by atoms with E-state index >= 15 is 0 Å². The molecule has 16 heavy (non-hydrogen) atoms. The third-order valence-electron chi connectivity index (χ3n) is 3.35. The first kappa shape index (κ1) is 11.8. The molecule has 1 aliphatic rings. The van der Waals surface area contributed by atoms with Crippen molar-refractivity contribution in [2.45, 2.75) is 31.7 Å². The topological polar surface area (TPSA) is 38.0 Å². The van der Waals surface area contributed by atoms with Gasteiger partial charge in [0, 0.05) is 6.04 Å². The van der Waals surface area contributed by atoms with Crippen molar-refractivity contribution in [3.63, 3.8) is 0 Å². The molecule has 0 aromatic heterocycles. The smallest absolute Gasteiger partial charge is 0.142 e. The van der Waals surface area contributed by atoms with Crippen LogP contribution in [0, 0.1) is 11.7 Å². The van der Waals surface area contributed by atoms with Crippen molar-refractivity contribution in [3.8, 4) is 0 Å². The van der Waals surface area contributed by atoms with E-state index in [2.05, 4.69) is 5.43 Å². The highest BCUT2D eigenvalue weighted by Gasteiger charge is 2.24. The predicted molar refractivity (Wildman–Crippen MR) is 63.4 cm³/mol. The zero-order valence-electron chi connectivity index (χ0n) is 9.05. The average molecular weight is 243 g/mol. The largest absolute Gasteiger partial charge is 0.271 e. The van der Waals surface area contributed by atoms with Gasteiger partial charge >= 0.3 is 0 Å². The summed E-state index contributed by atoms with van der Waals surface area (Å²) in [6, 6.07) is 4.81. The molecule has 1 aliphatic carbocycles. The lowest BCUT2D eigenvalue weighted by molar-refractivity contribution is 0.261. The van der Waals surface area contributed by atoms with Gasteiger partial charge in [0.2, 0.25) is 0 Å². The van der Waals surface area contributed by atoms with Gasteiger partial charge in [0.1, 0.15) is 5.82 Å². The van der Waals surface area contributed by atoms with Gasteiger partial charge in [0.25, 0.3) is 0 Å². The molecule has 0 amide bonds. The second-order valence-electron chi connectivity index (χ2n) is 4.39. The number of rotatable bonds is 4. The molecule has 0 aliphatic heterocycles. The van der Waals surface area contributed by atoms with Gasteiger partial charge in [0.05, 0.1) is 5.02 Å². The Morgan fingerprint density at radius 3 is 2.81 bits per heavy atom. The lowest BCUT2D eigenvalue weighted by Crippen LogP contribution is -2.31. The summed E-state index contributed by atoms with van der Waals surface area (Å²) in [7, 11) is 0. The fraction of sp³-hybridized carbons (Fsp3) is 0.500. The molecular formula is C12H16ClFN2. The highest BCUT2D eigenvalue weighted by Crippen LogP contribution is 2.36. The van der Waals surface area contributed by atoms with E-state index in [1.807, 2.05) is 6.07 Å². The molecule has 0 saturated heterocycles. The van der Waals surface area contributed by atoms with Crippen molar-refractivity contribution in [2.75, 3.05) is 0 Å². The Kier molecular flexibility index (Phi) is 3.79. The molecule has 4 heteroatoms. The van der Waals surface area contributed by atoms with E-state index in [-0.39, 0.29) is 16.9 Å². The molecule has 0 heterocycles. The standard InChI is InChI=1S/C12H16ClFN2/c13-12-9(5-2-6-10(12)14)11(16-15)7-8-3-1-4-8/h2,5-6,8,11,16H,1,3-4,7,15H2. The van der Waals surface area contributed by atoms with E-state index in [1.54, 1.807) is 6.07 Å². The van der Waals surface area contributed by atoms with E-state index in [0.29, 0.717) is 5.92 Å². The third kappa shape index (κ3) is 2.37. The molecule has 3 N–H and O–H groups in total. The molecular weight excluding hydrogens is 227 g/mol. The molecule has 1 atom stereocenters. The van der Waals surface area contributed by atoms with Crippen molar-refractivity contribution in [1.82, 2.24) is 5.43 Å². The Balaban J connectivity index is 2.15. The number of nitrogens with two attached hydrogens (primary N) is 1. The number of hydrazine groups is 1. The number of nitrogens with one attached hydrogen (secondary N) is 1. The molecule has 1 aromatic carbocycles. The lowest BCUT2D eigenvalue weighted by Gasteiger charge is -2.29. The van der Waals surface area contributed by atoms with Gasteiger partial charge in [-0.3, -0.25) is 11.3 Å². The number of halogens is 2. The van der Waals surface area contributed by atoms with E-state index in [4.69, 9.17) is 17.4 Å². The summed E-state index contributed by atoms with van der Waals surface area (Å²) < 4.78 is 13.3. The van der Waals surface area contributed by atoms with Gasteiger partial charge in [-0.2, -0.15) is 0 Å². The molecule has 1 saturated carbocycles. The Hall–Kier alpha value is -0.640. The van der Waals surface area contributed by atoms with Gasteiger partial charge in [-0.25, -0.2) is 4.39 Å². The van der Waals surface area contributed by atoms with Crippen LogP contribution in [-0.2, 0) is 0 Å². The Morgan fingerprint density at radius 1 is 1.50 bits per heavy atom. The zero-order chi connectivity index (χ0) is 11.5. The molecule has 1 aromatic rings. The van der Waals surface area contributed by atoms with Crippen LogP contribution in [0.2, 0.25) is 5.02 Å². The van der Waals surface area contributed by atoms with Gasteiger partial charge in [0.15, 0.2) is 0 Å². The second kappa shape index (κ2) is 5.13. The minimum absolute atomic E-state index is 0.0477. The van der Waals surface area contributed by atoms with Crippen LogP contribution in [0.15, 0.2) is 18.2 Å². The lowest BCUT2D eigenvalue weighted by atomic mass is 9.80. The Labute approximate surface area is 99.9 Å². The minimum Gasteiger partial charge on any atom is -0.271 e. The molecule has 1 unspecified atom stereocenters. The number of hydrogen-bond donors (Lipinski definition) is 2. The molecule has 2 nitrogen and oxygen atoms in total. The number of hydrogen-bond acceptors (Lipinski definition) is 2. The molecule has 0 spiro atoms.